The number of hydrogen-bond donors (Lipinski definition) is 0. The first-order valence-electron chi connectivity index (χ1n) is 11.2. The summed E-state index contributed by atoms with van der Waals surface area (Å²) in [7, 11) is -3.01. The van der Waals surface area contributed by atoms with Gasteiger partial charge in [0.2, 0.25) is 0 Å². The molecule has 0 bridgehead atoms. The lowest BCUT2D eigenvalue weighted by molar-refractivity contribution is 0.577. The molecule has 6 rings (SSSR count). The molecule has 0 N–H and O–H groups in total. The number of nitrogens with zero attached hydrogens (tertiary/aromatic N) is 1. The Morgan fingerprint density at radius 2 is 1.16 bits per heavy atom. The molecule has 0 saturated carbocycles. The number of benzene rings is 3. The molecule has 0 saturated heterocycles. The Balaban J connectivity index is 1.82. The minimum Gasteiger partial charge on any atom is -0.309 e. The van der Waals surface area contributed by atoms with Crippen molar-refractivity contribution in [3.05, 3.63) is 107 Å². The molecular formula is C29H26NOP. The van der Waals surface area contributed by atoms with E-state index in [0.29, 0.717) is 0 Å². The van der Waals surface area contributed by atoms with Crippen LogP contribution in [0.15, 0.2) is 85.1 Å². The quantitative estimate of drug-likeness (QED) is 0.361. The van der Waals surface area contributed by atoms with Crippen molar-refractivity contribution in [2.75, 3.05) is 0 Å². The highest BCUT2D eigenvalue weighted by molar-refractivity contribution is 7.86. The van der Waals surface area contributed by atoms with Crippen LogP contribution in [-0.4, -0.2) is 4.98 Å². The second kappa shape index (κ2) is 6.30. The minimum atomic E-state index is -3.01. The molecule has 158 valence electrons. The van der Waals surface area contributed by atoms with Crippen LogP contribution < -0.4 is 15.9 Å². The van der Waals surface area contributed by atoms with Gasteiger partial charge in [-0.25, -0.2) is 0 Å². The van der Waals surface area contributed by atoms with Gasteiger partial charge >= 0.3 is 0 Å². The molecule has 0 fully saturated rings. The topological polar surface area (TPSA) is 30.0 Å². The van der Waals surface area contributed by atoms with Gasteiger partial charge in [0.15, 0.2) is 7.14 Å². The summed E-state index contributed by atoms with van der Waals surface area (Å²) in [6, 6.07) is 27.2. The molecule has 3 aromatic carbocycles. The van der Waals surface area contributed by atoms with Crippen molar-refractivity contribution in [2.24, 2.45) is 0 Å². The van der Waals surface area contributed by atoms with Crippen LogP contribution in [0.25, 0.3) is 11.3 Å². The molecule has 0 unspecified atom stereocenters. The number of pyridine rings is 1. The minimum absolute atomic E-state index is 0.262. The average molecular weight is 436 g/mol. The monoisotopic (exact) mass is 435 g/mol. The molecular weight excluding hydrogens is 409 g/mol. The first-order chi connectivity index (χ1) is 15.3. The van der Waals surface area contributed by atoms with Crippen molar-refractivity contribution < 1.29 is 4.57 Å². The molecule has 0 spiro atoms. The van der Waals surface area contributed by atoms with E-state index in [1.54, 1.807) is 0 Å². The lowest BCUT2D eigenvalue weighted by Gasteiger charge is -2.47. The summed E-state index contributed by atoms with van der Waals surface area (Å²) in [5.74, 6) is 0. The van der Waals surface area contributed by atoms with Gasteiger partial charge in [0, 0.05) is 38.5 Å². The SMILES string of the molecule is CC1(C)c2ccccc2P2(=O)c3ccccc3C(C)(C)c3cc(-c4ccccn4)cc1c32. The highest BCUT2D eigenvalue weighted by Crippen LogP contribution is 2.59. The fraction of sp³-hybridized carbons (Fsp3) is 0.207. The van der Waals surface area contributed by atoms with E-state index in [2.05, 4.69) is 87.3 Å². The van der Waals surface area contributed by atoms with Gasteiger partial charge in [-0.1, -0.05) is 82.3 Å². The molecule has 4 aromatic rings. The summed E-state index contributed by atoms with van der Waals surface area (Å²) in [4.78, 5) is 4.64. The maximum absolute atomic E-state index is 15.3. The van der Waals surface area contributed by atoms with Crippen molar-refractivity contribution in [3.8, 4) is 11.3 Å². The van der Waals surface area contributed by atoms with E-state index in [9.17, 15) is 0 Å². The molecule has 0 aliphatic carbocycles. The van der Waals surface area contributed by atoms with E-state index in [1.165, 1.54) is 11.1 Å². The predicted octanol–water partition coefficient (Wildman–Crippen LogP) is 5.67. The van der Waals surface area contributed by atoms with Gasteiger partial charge in [-0.3, -0.25) is 4.98 Å². The molecule has 2 aliphatic rings. The summed E-state index contributed by atoms with van der Waals surface area (Å²) in [6.07, 6.45) is 1.84. The largest absolute Gasteiger partial charge is 0.309 e. The molecule has 2 aliphatic heterocycles. The van der Waals surface area contributed by atoms with Crippen LogP contribution in [0, 0.1) is 0 Å². The Bertz CT molecular complexity index is 1360. The number of fused-ring (bicyclic) bond motifs is 4. The molecule has 3 heterocycles. The molecule has 0 amide bonds. The summed E-state index contributed by atoms with van der Waals surface area (Å²) < 4.78 is 15.3. The third-order valence-corrected chi connectivity index (χ3v) is 10.8. The first kappa shape index (κ1) is 19.7. The Morgan fingerprint density at radius 3 is 1.66 bits per heavy atom. The summed E-state index contributed by atoms with van der Waals surface area (Å²) in [5.41, 5.74) is 6.17. The van der Waals surface area contributed by atoms with Crippen molar-refractivity contribution >= 4 is 23.1 Å². The molecule has 3 heteroatoms. The highest BCUT2D eigenvalue weighted by Gasteiger charge is 2.52. The van der Waals surface area contributed by atoms with Gasteiger partial charge in [0.1, 0.15) is 0 Å². The molecule has 32 heavy (non-hydrogen) atoms. The third-order valence-electron chi connectivity index (χ3n) is 7.57. The number of aromatic nitrogens is 1. The van der Waals surface area contributed by atoms with E-state index in [4.69, 9.17) is 0 Å². The van der Waals surface area contributed by atoms with E-state index in [1.807, 2.05) is 30.5 Å². The van der Waals surface area contributed by atoms with Crippen LogP contribution in [0.2, 0.25) is 0 Å². The fourth-order valence-electron chi connectivity index (χ4n) is 5.82. The van der Waals surface area contributed by atoms with Crippen LogP contribution in [0.5, 0.6) is 0 Å². The lowest BCUT2D eigenvalue weighted by Crippen LogP contribution is -2.50. The van der Waals surface area contributed by atoms with E-state index >= 15 is 4.57 Å². The van der Waals surface area contributed by atoms with Gasteiger partial charge in [-0.15, -0.1) is 0 Å². The smallest absolute Gasteiger partial charge is 0.172 e. The van der Waals surface area contributed by atoms with Crippen molar-refractivity contribution in [1.29, 1.82) is 0 Å². The van der Waals surface area contributed by atoms with Gasteiger partial charge in [-0.2, -0.15) is 0 Å². The fourth-order valence-corrected chi connectivity index (χ4v) is 9.91. The maximum Gasteiger partial charge on any atom is 0.172 e. The molecule has 0 atom stereocenters. The van der Waals surface area contributed by atoms with Crippen LogP contribution in [0.4, 0.5) is 0 Å². The zero-order valence-corrected chi connectivity index (χ0v) is 19.8. The van der Waals surface area contributed by atoms with Crippen LogP contribution in [-0.2, 0) is 15.4 Å². The number of hydrogen-bond acceptors (Lipinski definition) is 2. The van der Waals surface area contributed by atoms with Crippen LogP contribution in [0.1, 0.15) is 49.9 Å². The Hall–Kier alpha value is -2.96. The van der Waals surface area contributed by atoms with Crippen LogP contribution in [0.3, 0.4) is 0 Å². The number of rotatable bonds is 1. The van der Waals surface area contributed by atoms with Crippen molar-refractivity contribution in [1.82, 2.24) is 4.98 Å². The van der Waals surface area contributed by atoms with Gasteiger partial charge in [0.05, 0.1) is 5.69 Å². The highest BCUT2D eigenvalue weighted by atomic mass is 31.2. The van der Waals surface area contributed by atoms with E-state index in [-0.39, 0.29) is 10.8 Å². The Kier molecular flexibility index (Phi) is 3.88. The standard InChI is InChI=1S/C29H26NOP/c1-28(2)20-11-5-7-14-25(20)32(31)26-15-8-6-12-21(26)29(3,4)23-18-19(17-22(28)27(23)32)24-13-9-10-16-30-24/h5-18H,1-4H3. The summed E-state index contributed by atoms with van der Waals surface area (Å²) in [6.45, 7) is 9.06. The van der Waals surface area contributed by atoms with E-state index in [0.717, 1.165) is 38.3 Å². The lowest BCUT2D eigenvalue weighted by atomic mass is 9.71. The molecule has 0 radical (unpaired) electrons. The summed E-state index contributed by atoms with van der Waals surface area (Å²) >= 11 is 0. The normalized spacial score (nSPS) is 18.2. The zero-order valence-electron chi connectivity index (χ0n) is 18.9. The summed E-state index contributed by atoms with van der Waals surface area (Å²) in [5, 5.41) is 3.03. The molecule has 1 aromatic heterocycles. The van der Waals surface area contributed by atoms with Gasteiger partial charge < -0.3 is 4.57 Å². The first-order valence-corrected chi connectivity index (χ1v) is 12.9. The van der Waals surface area contributed by atoms with Crippen molar-refractivity contribution in [3.63, 3.8) is 0 Å². The second-order valence-corrected chi connectivity index (χ2v) is 12.7. The van der Waals surface area contributed by atoms with Gasteiger partial charge in [0.25, 0.3) is 0 Å². The zero-order chi connectivity index (χ0) is 22.3. The van der Waals surface area contributed by atoms with Crippen molar-refractivity contribution in [2.45, 2.75) is 38.5 Å². The van der Waals surface area contributed by atoms with Gasteiger partial charge in [-0.05, 0) is 46.5 Å². The van der Waals surface area contributed by atoms with E-state index < -0.39 is 7.14 Å². The Morgan fingerprint density at radius 1 is 0.656 bits per heavy atom. The predicted molar refractivity (Wildman–Crippen MR) is 133 cm³/mol. The Labute approximate surface area is 189 Å². The molecule has 2 nitrogen and oxygen atoms in total. The maximum atomic E-state index is 15.3. The third kappa shape index (κ3) is 2.31. The second-order valence-electron chi connectivity index (χ2n) is 10.0. The average Bonchev–Trinajstić information content (AvgIpc) is 2.82. The van der Waals surface area contributed by atoms with Crippen LogP contribution >= 0.6 is 7.14 Å².